The van der Waals surface area contributed by atoms with E-state index in [9.17, 15) is 8.42 Å². The van der Waals surface area contributed by atoms with Crippen LogP contribution in [0.5, 0.6) is 0 Å². The molecule has 1 aromatic heterocycles. The van der Waals surface area contributed by atoms with Gasteiger partial charge in [-0.25, -0.2) is 8.42 Å². The predicted octanol–water partition coefficient (Wildman–Crippen LogP) is 3.07. The Labute approximate surface area is 132 Å². The summed E-state index contributed by atoms with van der Waals surface area (Å²) in [6.07, 6.45) is 1.53. The van der Waals surface area contributed by atoms with Crippen LogP contribution >= 0.6 is 0 Å². The first-order valence-electron chi connectivity index (χ1n) is 7.16. The average molecular weight is 321 g/mol. The summed E-state index contributed by atoms with van der Waals surface area (Å²) in [6, 6.07) is 0. The van der Waals surface area contributed by atoms with Crippen LogP contribution in [0.2, 0.25) is 0 Å². The van der Waals surface area contributed by atoms with Gasteiger partial charge in [-0.2, -0.15) is 5.10 Å². The molecular weight excluding hydrogens is 298 g/mol. The number of hydrogen-bond acceptors (Lipinski definition) is 3. The van der Waals surface area contributed by atoms with Gasteiger partial charge in [-0.3, -0.25) is 9.40 Å². The predicted molar refractivity (Wildman–Crippen MR) is 88.9 cm³/mol. The monoisotopic (exact) mass is 321 g/mol. The third kappa shape index (κ3) is 2.52. The van der Waals surface area contributed by atoms with Crippen molar-refractivity contribution in [2.75, 3.05) is 4.72 Å². The molecule has 0 fully saturated rings. The molecule has 0 radical (unpaired) electrons. The fourth-order valence-electron chi connectivity index (χ4n) is 2.66. The van der Waals surface area contributed by atoms with E-state index in [0.717, 1.165) is 33.5 Å². The zero-order chi connectivity index (χ0) is 16.8. The maximum absolute atomic E-state index is 12.9. The molecule has 2 rings (SSSR count). The number of sulfonamides is 1. The number of rotatable bonds is 3. The van der Waals surface area contributed by atoms with Gasteiger partial charge >= 0.3 is 0 Å². The van der Waals surface area contributed by atoms with Gasteiger partial charge in [0.2, 0.25) is 0 Å². The van der Waals surface area contributed by atoms with Gasteiger partial charge in [-0.1, -0.05) is 0 Å². The maximum atomic E-state index is 12.9. The fraction of sp³-hybridized carbons (Fsp3) is 0.438. The number of aryl methyl sites for hydroxylation is 1. The van der Waals surface area contributed by atoms with Crippen LogP contribution in [0.4, 0.5) is 5.69 Å². The van der Waals surface area contributed by atoms with Gasteiger partial charge in [0.1, 0.15) is 0 Å². The van der Waals surface area contributed by atoms with Crippen molar-refractivity contribution in [1.82, 2.24) is 9.78 Å². The minimum absolute atomic E-state index is 0.372. The van der Waals surface area contributed by atoms with E-state index >= 15 is 0 Å². The standard InChI is InChI=1S/C16H23N3O2S/c1-9-10(2)12(4)16(13(5)11(9)3)22(20,21)18-15-8-17-19(7)14(15)6/h8,18H,1-7H3. The molecule has 0 amide bonds. The van der Waals surface area contributed by atoms with E-state index in [-0.39, 0.29) is 0 Å². The number of benzene rings is 1. The lowest BCUT2D eigenvalue weighted by Gasteiger charge is -2.19. The Morgan fingerprint density at radius 2 is 1.36 bits per heavy atom. The fourth-order valence-corrected chi connectivity index (χ4v) is 4.37. The highest BCUT2D eigenvalue weighted by Crippen LogP contribution is 2.31. The smallest absolute Gasteiger partial charge is 0.262 e. The van der Waals surface area contributed by atoms with Gasteiger partial charge in [-0.15, -0.1) is 0 Å². The Morgan fingerprint density at radius 3 is 1.77 bits per heavy atom. The molecule has 0 aliphatic rings. The van der Waals surface area contributed by atoms with Crippen molar-refractivity contribution in [2.24, 2.45) is 7.05 Å². The normalized spacial score (nSPS) is 11.8. The van der Waals surface area contributed by atoms with E-state index in [1.54, 1.807) is 11.7 Å². The minimum atomic E-state index is -3.65. The lowest BCUT2D eigenvalue weighted by atomic mass is 9.95. The molecule has 1 heterocycles. The van der Waals surface area contributed by atoms with Crippen molar-refractivity contribution in [1.29, 1.82) is 0 Å². The van der Waals surface area contributed by atoms with Crippen LogP contribution in [0.1, 0.15) is 33.5 Å². The average Bonchev–Trinajstić information content (AvgIpc) is 2.74. The van der Waals surface area contributed by atoms with Gasteiger partial charge in [-0.05, 0) is 69.4 Å². The van der Waals surface area contributed by atoms with E-state index in [2.05, 4.69) is 9.82 Å². The zero-order valence-electron chi connectivity index (χ0n) is 14.2. The van der Waals surface area contributed by atoms with E-state index in [1.807, 2.05) is 41.5 Å². The molecule has 0 aliphatic carbocycles. The van der Waals surface area contributed by atoms with Gasteiger partial charge in [0.05, 0.1) is 22.5 Å². The zero-order valence-corrected chi connectivity index (χ0v) is 15.0. The van der Waals surface area contributed by atoms with Crippen LogP contribution in [0.15, 0.2) is 11.1 Å². The first-order valence-corrected chi connectivity index (χ1v) is 8.64. The van der Waals surface area contributed by atoms with Crippen molar-refractivity contribution in [2.45, 2.75) is 46.4 Å². The van der Waals surface area contributed by atoms with Gasteiger partial charge in [0, 0.05) is 7.05 Å². The summed E-state index contributed by atoms with van der Waals surface area (Å²) in [5.74, 6) is 0. The maximum Gasteiger partial charge on any atom is 0.262 e. The van der Waals surface area contributed by atoms with Gasteiger partial charge in [0.15, 0.2) is 0 Å². The largest absolute Gasteiger partial charge is 0.276 e. The SMILES string of the molecule is Cc1c(C)c(C)c(S(=O)(=O)Nc2cnn(C)c2C)c(C)c1C. The van der Waals surface area contributed by atoms with E-state index in [1.165, 1.54) is 6.20 Å². The Bertz CT molecular complexity index is 820. The number of aromatic nitrogens is 2. The summed E-state index contributed by atoms with van der Waals surface area (Å²) >= 11 is 0. The van der Waals surface area contributed by atoms with Gasteiger partial charge < -0.3 is 0 Å². The van der Waals surface area contributed by atoms with Crippen LogP contribution in [0, 0.1) is 41.5 Å². The van der Waals surface area contributed by atoms with Crippen LogP contribution in [-0.2, 0) is 17.1 Å². The molecule has 1 aromatic carbocycles. The molecule has 1 N–H and O–H groups in total. The van der Waals surface area contributed by atoms with Crippen molar-refractivity contribution < 1.29 is 8.42 Å². The van der Waals surface area contributed by atoms with Crippen molar-refractivity contribution in [3.8, 4) is 0 Å². The molecular formula is C16H23N3O2S. The number of hydrogen-bond donors (Lipinski definition) is 1. The number of anilines is 1. The van der Waals surface area contributed by atoms with Crippen LogP contribution in [0.25, 0.3) is 0 Å². The third-order valence-corrected chi connectivity index (χ3v) is 6.32. The molecule has 6 heteroatoms. The molecule has 0 bridgehead atoms. The second-order valence-electron chi connectivity index (χ2n) is 5.83. The second kappa shape index (κ2) is 5.43. The van der Waals surface area contributed by atoms with Crippen molar-refractivity contribution >= 4 is 15.7 Å². The van der Waals surface area contributed by atoms with E-state index in [4.69, 9.17) is 0 Å². The van der Waals surface area contributed by atoms with Gasteiger partial charge in [0.25, 0.3) is 10.0 Å². The number of nitrogens with zero attached hydrogens (tertiary/aromatic N) is 2. The molecule has 2 aromatic rings. The topological polar surface area (TPSA) is 64.0 Å². The van der Waals surface area contributed by atoms with Crippen LogP contribution in [0.3, 0.4) is 0 Å². The Kier molecular flexibility index (Phi) is 4.08. The van der Waals surface area contributed by atoms with Crippen molar-refractivity contribution in [3.63, 3.8) is 0 Å². The minimum Gasteiger partial charge on any atom is -0.276 e. The molecule has 5 nitrogen and oxygen atoms in total. The Morgan fingerprint density at radius 1 is 0.909 bits per heavy atom. The lowest BCUT2D eigenvalue weighted by molar-refractivity contribution is 0.599. The Balaban J connectivity index is 2.63. The first kappa shape index (κ1) is 16.5. The lowest BCUT2D eigenvalue weighted by Crippen LogP contribution is -2.18. The molecule has 0 spiro atoms. The molecule has 0 atom stereocenters. The van der Waals surface area contributed by atoms with Crippen LogP contribution in [-0.4, -0.2) is 18.2 Å². The first-order chi connectivity index (χ1) is 10.1. The van der Waals surface area contributed by atoms with Crippen LogP contribution < -0.4 is 4.72 Å². The summed E-state index contributed by atoms with van der Waals surface area (Å²) in [4.78, 5) is 0.372. The quantitative estimate of drug-likeness (QED) is 0.945. The molecule has 22 heavy (non-hydrogen) atoms. The highest BCUT2D eigenvalue weighted by Gasteiger charge is 2.24. The summed E-state index contributed by atoms with van der Waals surface area (Å²) in [6.45, 7) is 11.5. The third-order valence-electron chi connectivity index (χ3n) is 4.68. The molecule has 0 aliphatic heterocycles. The van der Waals surface area contributed by atoms with Crippen molar-refractivity contribution in [3.05, 3.63) is 39.7 Å². The molecule has 0 saturated carbocycles. The summed E-state index contributed by atoms with van der Waals surface area (Å²) in [5, 5.41) is 4.08. The van der Waals surface area contributed by atoms with E-state index in [0.29, 0.717) is 10.6 Å². The molecule has 0 unspecified atom stereocenters. The van der Waals surface area contributed by atoms with E-state index < -0.39 is 10.0 Å². The summed E-state index contributed by atoms with van der Waals surface area (Å²) in [7, 11) is -1.87. The highest BCUT2D eigenvalue weighted by molar-refractivity contribution is 7.92. The summed E-state index contributed by atoms with van der Waals surface area (Å²) < 4.78 is 30.1. The molecule has 120 valence electrons. The highest BCUT2D eigenvalue weighted by atomic mass is 32.2. The molecule has 0 saturated heterocycles. The Hall–Kier alpha value is -1.82. The summed E-state index contributed by atoms with van der Waals surface area (Å²) in [5.41, 5.74) is 6.07. The number of nitrogens with one attached hydrogen (secondary N) is 1. The second-order valence-corrected chi connectivity index (χ2v) is 7.45.